The number of hydrogen-bond acceptors (Lipinski definition) is 2. The van der Waals surface area contributed by atoms with E-state index in [0.29, 0.717) is 12.2 Å². The van der Waals surface area contributed by atoms with E-state index in [0.717, 1.165) is 16.6 Å². The Bertz CT molecular complexity index is 558. The predicted molar refractivity (Wildman–Crippen MR) is 72.2 cm³/mol. The lowest BCUT2D eigenvalue weighted by atomic mass is 10.3. The van der Waals surface area contributed by atoms with Crippen molar-refractivity contribution >= 4 is 21.8 Å². The smallest absolute Gasteiger partial charge is 0.268 e. The van der Waals surface area contributed by atoms with Gasteiger partial charge in [0.2, 0.25) is 0 Å². The monoisotopic (exact) mass is 310 g/mol. The maximum Gasteiger partial charge on any atom is 0.268 e. The number of carbonyl (C=O) groups excluding carboxylic acids is 1. The standard InChI is InChI=1S/C12H15BrN4O/c1-3-17-8-10(13)4-11(17)12(18)14-5-9-6-15-16(2)7-9/h4,6-8H,3,5H2,1-2H3,(H,14,18). The Morgan fingerprint density at radius 2 is 2.28 bits per heavy atom. The van der Waals surface area contributed by atoms with Crippen molar-refractivity contribution < 1.29 is 4.79 Å². The Balaban J connectivity index is 2.03. The third kappa shape index (κ3) is 2.81. The number of rotatable bonds is 4. The topological polar surface area (TPSA) is 51.9 Å². The van der Waals surface area contributed by atoms with Crippen LogP contribution in [0.3, 0.4) is 0 Å². The molecule has 0 radical (unpaired) electrons. The summed E-state index contributed by atoms with van der Waals surface area (Å²) in [4.78, 5) is 12.0. The molecule has 0 atom stereocenters. The number of aromatic nitrogens is 3. The maximum atomic E-state index is 12.0. The largest absolute Gasteiger partial charge is 0.347 e. The number of halogens is 1. The van der Waals surface area contributed by atoms with Crippen molar-refractivity contribution in [1.82, 2.24) is 19.7 Å². The summed E-state index contributed by atoms with van der Waals surface area (Å²) >= 11 is 3.38. The zero-order valence-corrected chi connectivity index (χ0v) is 11.9. The molecular formula is C12H15BrN4O. The molecule has 0 saturated carbocycles. The van der Waals surface area contributed by atoms with Crippen LogP contribution in [0.4, 0.5) is 0 Å². The van der Waals surface area contributed by atoms with E-state index >= 15 is 0 Å². The molecule has 0 unspecified atom stereocenters. The van der Waals surface area contributed by atoms with E-state index in [1.807, 2.05) is 37.0 Å². The quantitative estimate of drug-likeness (QED) is 0.938. The molecule has 0 saturated heterocycles. The summed E-state index contributed by atoms with van der Waals surface area (Å²) in [5.41, 5.74) is 1.65. The van der Waals surface area contributed by atoms with Crippen LogP contribution in [-0.2, 0) is 20.1 Å². The fourth-order valence-electron chi connectivity index (χ4n) is 1.76. The average Bonchev–Trinajstić information content (AvgIpc) is 2.92. The minimum atomic E-state index is -0.0774. The molecule has 2 aromatic heterocycles. The van der Waals surface area contributed by atoms with E-state index in [-0.39, 0.29) is 5.91 Å². The van der Waals surface area contributed by atoms with Crippen LogP contribution < -0.4 is 5.32 Å². The molecule has 6 heteroatoms. The minimum absolute atomic E-state index is 0.0774. The average molecular weight is 311 g/mol. The molecule has 0 aliphatic carbocycles. The van der Waals surface area contributed by atoms with Gasteiger partial charge in [-0.25, -0.2) is 0 Å². The van der Waals surface area contributed by atoms with E-state index in [1.165, 1.54) is 0 Å². The zero-order chi connectivity index (χ0) is 13.1. The van der Waals surface area contributed by atoms with Crippen molar-refractivity contribution in [3.63, 3.8) is 0 Å². The Hall–Kier alpha value is -1.56. The van der Waals surface area contributed by atoms with Crippen LogP contribution in [0.2, 0.25) is 0 Å². The van der Waals surface area contributed by atoms with E-state index < -0.39 is 0 Å². The fourth-order valence-corrected chi connectivity index (χ4v) is 2.23. The van der Waals surface area contributed by atoms with Crippen LogP contribution in [0.15, 0.2) is 29.1 Å². The first kappa shape index (κ1) is 12.9. The number of nitrogens with one attached hydrogen (secondary N) is 1. The van der Waals surface area contributed by atoms with Crippen molar-refractivity contribution in [3.8, 4) is 0 Å². The van der Waals surface area contributed by atoms with Gasteiger partial charge in [0.15, 0.2) is 0 Å². The third-order valence-corrected chi connectivity index (χ3v) is 3.08. The van der Waals surface area contributed by atoms with Crippen molar-refractivity contribution in [1.29, 1.82) is 0 Å². The van der Waals surface area contributed by atoms with Gasteiger partial charge in [0.05, 0.1) is 6.20 Å². The third-order valence-electron chi connectivity index (χ3n) is 2.65. The second kappa shape index (κ2) is 5.39. The summed E-state index contributed by atoms with van der Waals surface area (Å²) in [5.74, 6) is -0.0774. The van der Waals surface area contributed by atoms with Gasteiger partial charge in [0.25, 0.3) is 5.91 Å². The molecule has 2 aromatic rings. The van der Waals surface area contributed by atoms with Crippen molar-refractivity contribution in [2.75, 3.05) is 0 Å². The molecule has 0 aliphatic rings. The molecule has 2 rings (SSSR count). The Kier molecular flexibility index (Phi) is 3.86. The van der Waals surface area contributed by atoms with Crippen LogP contribution in [0, 0.1) is 0 Å². The van der Waals surface area contributed by atoms with E-state index in [2.05, 4.69) is 26.3 Å². The first-order chi connectivity index (χ1) is 8.60. The maximum absolute atomic E-state index is 12.0. The summed E-state index contributed by atoms with van der Waals surface area (Å²) < 4.78 is 4.53. The molecule has 18 heavy (non-hydrogen) atoms. The van der Waals surface area contributed by atoms with Gasteiger partial charge in [-0.05, 0) is 28.9 Å². The van der Waals surface area contributed by atoms with Crippen molar-refractivity contribution in [2.24, 2.45) is 7.05 Å². The Labute approximate surface area is 114 Å². The second-order valence-corrected chi connectivity index (χ2v) is 4.95. The molecule has 2 heterocycles. The molecule has 96 valence electrons. The second-order valence-electron chi connectivity index (χ2n) is 4.03. The van der Waals surface area contributed by atoms with Gasteiger partial charge in [0, 0.05) is 42.6 Å². The van der Waals surface area contributed by atoms with Crippen LogP contribution in [-0.4, -0.2) is 20.3 Å². The predicted octanol–water partition coefficient (Wildman–Crippen LogP) is 1.93. The molecule has 1 amide bonds. The highest BCUT2D eigenvalue weighted by Gasteiger charge is 2.11. The summed E-state index contributed by atoms with van der Waals surface area (Å²) in [7, 11) is 1.85. The Morgan fingerprint density at radius 1 is 1.50 bits per heavy atom. The van der Waals surface area contributed by atoms with Gasteiger partial charge in [-0.3, -0.25) is 9.48 Å². The van der Waals surface area contributed by atoms with Gasteiger partial charge in [-0.1, -0.05) is 0 Å². The molecule has 0 aromatic carbocycles. The zero-order valence-electron chi connectivity index (χ0n) is 10.4. The lowest BCUT2D eigenvalue weighted by Gasteiger charge is -2.06. The van der Waals surface area contributed by atoms with Gasteiger partial charge in [0.1, 0.15) is 5.69 Å². The summed E-state index contributed by atoms with van der Waals surface area (Å²) in [5, 5.41) is 6.94. The number of aryl methyl sites for hydroxylation is 2. The highest BCUT2D eigenvalue weighted by Crippen LogP contribution is 2.15. The summed E-state index contributed by atoms with van der Waals surface area (Å²) in [6, 6.07) is 1.82. The van der Waals surface area contributed by atoms with Gasteiger partial charge in [-0.15, -0.1) is 0 Å². The van der Waals surface area contributed by atoms with Crippen LogP contribution in [0.1, 0.15) is 23.0 Å². The van der Waals surface area contributed by atoms with Crippen LogP contribution in [0.25, 0.3) is 0 Å². The van der Waals surface area contributed by atoms with Crippen molar-refractivity contribution in [3.05, 3.63) is 40.4 Å². The van der Waals surface area contributed by atoms with Crippen molar-refractivity contribution in [2.45, 2.75) is 20.0 Å². The van der Waals surface area contributed by atoms with Gasteiger partial charge >= 0.3 is 0 Å². The molecule has 0 bridgehead atoms. The van der Waals surface area contributed by atoms with E-state index in [9.17, 15) is 4.79 Å². The highest BCUT2D eigenvalue weighted by atomic mass is 79.9. The number of hydrogen-bond donors (Lipinski definition) is 1. The molecule has 0 aliphatic heterocycles. The van der Waals surface area contributed by atoms with Gasteiger partial charge < -0.3 is 9.88 Å². The van der Waals surface area contributed by atoms with E-state index in [4.69, 9.17) is 0 Å². The highest BCUT2D eigenvalue weighted by molar-refractivity contribution is 9.10. The molecular weight excluding hydrogens is 296 g/mol. The lowest BCUT2D eigenvalue weighted by molar-refractivity contribution is 0.0941. The molecule has 0 spiro atoms. The van der Waals surface area contributed by atoms with Crippen LogP contribution >= 0.6 is 15.9 Å². The van der Waals surface area contributed by atoms with Crippen LogP contribution in [0.5, 0.6) is 0 Å². The minimum Gasteiger partial charge on any atom is -0.347 e. The number of amides is 1. The fraction of sp³-hybridized carbons (Fsp3) is 0.333. The lowest BCUT2D eigenvalue weighted by Crippen LogP contribution is -2.25. The Morgan fingerprint density at radius 3 is 2.89 bits per heavy atom. The number of nitrogens with zero attached hydrogens (tertiary/aromatic N) is 3. The van der Waals surface area contributed by atoms with E-state index in [1.54, 1.807) is 10.9 Å². The summed E-state index contributed by atoms with van der Waals surface area (Å²) in [6.45, 7) is 3.25. The van der Waals surface area contributed by atoms with Gasteiger partial charge in [-0.2, -0.15) is 5.10 Å². The first-order valence-electron chi connectivity index (χ1n) is 5.71. The normalized spacial score (nSPS) is 10.6. The number of carbonyl (C=O) groups is 1. The summed E-state index contributed by atoms with van der Waals surface area (Å²) in [6.07, 6.45) is 5.53. The molecule has 0 fully saturated rings. The SMILES string of the molecule is CCn1cc(Br)cc1C(=O)NCc1cnn(C)c1. The molecule has 1 N–H and O–H groups in total. The first-order valence-corrected chi connectivity index (χ1v) is 6.51. The molecule has 5 nitrogen and oxygen atoms in total.